The molecule has 1 aliphatic rings. The van der Waals surface area contributed by atoms with Crippen LogP contribution in [0.1, 0.15) is 30.4 Å². The van der Waals surface area contributed by atoms with Gasteiger partial charge in [-0.05, 0) is 42.3 Å². The van der Waals surface area contributed by atoms with Crippen molar-refractivity contribution in [1.29, 1.82) is 0 Å². The van der Waals surface area contributed by atoms with E-state index in [1.165, 1.54) is 24.1 Å². The van der Waals surface area contributed by atoms with E-state index in [-0.39, 0.29) is 18.0 Å². The molecule has 9 heteroatoms. The number of nitrogens with zero attached hydrogens (tertiary/aromatic N) is 1. The highest BCUT2D eigenvalue weighted by Gasteiger charge is 2.32. The maximum atomic E-state index is 13.5. The molecule has 0 aromatic heterocycles. The zero-order chi connectivity index (χ0) is 23.3. The summed E-state index contributed by atoms with van der Waals surface area (Å²) >= 11 is 0. The van der Waals surface area contributed by atoms with Crippen LogP contribution < -0.4 is 14.8 Å². The molecule has 1 unspecified atom stereocenters. The van der Waals surface area contributed by atoms with Crippen molar-refractivity contribution in [2.45, 2.75) is 25.8 Å². The molecule has 0 saturated carbocycles. The van der Waals surface area contributed by atoms with Crippen molar-refractivity contribution < 1.29 is 33.0 Å². The van der Waals surface area contributed by atoms with Crippen molar-refractivity contribution in [1.82, 2.24) is 4.90 Å². The first-order chi connectivity index (χ1) is 15.4. The van der Waals surface area contributed by atoms with E-state index >= 15 is 0 Å². The Bertz CT molecular complexity index is 1030. The number of likely N-dealkylation sites (N-methyl/N-ethyl adjacent to an activating group) is 1. The molecule has 0 saturated heterocycles. The minimum absolute atomic E-state index is 0.130. The lowest BCUT2D eigenvalue weighted by Gasteiger charge is -2.25. The van der Waals surface area contributed by atoms with Gasteiger partial charge in [-0.3, -0.25) is 14.4 Å². The molecule has 8 nitrogen and oxygen atoms in total. The summed E-state index contributed by atoms with van der Waals surface area (Å²) < 4.78 is 29.2. The van der Waals surface area contributed by atoms with Crippen LogP contribution >= 0.6 is 0 Å². The predicted molar refractivity (Wildman–Crippen MR) is 114 cm³/mol. The maximum absolute atomic E-state index is 13.5. The Morgan fingerprint density at radius 1 is 1.12 bits per heavy atom. The Hall–Kier alpha value is -3.62. The molecular formula is C23H25FN2O6. The first-order valence-corrected chi connectivity index (χ1v) is 10.1. The average molecular weight is 444 g/mol. The van der Waals surface area contributed by atoms with E-state index < -0.39 is 30.2 Å². The molecule has 1 heterocycles. The number of benzene rings is 2. The maximum Gasteiger partial charge on any atom is 0.314 e. The van der Waals surface area contributed by atoms with E-state index in [1.54, 1.807) is 19.2 Å². The van der Waals surface area contributed by atoms with E-state index in [4.69, 9.17) is 14.2 Å². The molecule has 0 aliphatic carbocycles. The van der Waals surface area contributed by atoms with Crippen LogP contribution in [0.4, 0.5) is 10.1 Å². The highest BCUT2D eigenvalue weighted by atomic mass is 19.1. The van der Waals surface area contributed by atoms with Gasteiger partial charge in [-0.2, -0.15) is 0 Å². The van der Waals surface area contributed by atoms with Crippen LogP contribution in [-0.2, 0) is 25.7 Å². The van der Waals surface area contributed by atoms with E-state index in [0.29, 0.717) is 30.2 Å². The standard InChI is InChI=1S/C23H25FN2O6/c1-4-26(12-14-5-8-19(30-2)20(9-14)31-3)22(28)13-32-23(29)17-11-21(27)25-18-10-15(24)6-7-16(17)18/h5-10,17H,4,11-13H2,1-3H3,(H,25,27). The summed E-state index contributed by atoms with van der Waals surface area (Å²) in [5.74, 6) is -1.80. The molecule has 2 amide bonds. The van der Waals surface area contributed by atoms with Gasteiger partial charge >= 0.3 is 5.97 Å². The number of rotatable bonds is 8. The van der Waals surface area contributed by atoms with Gasteiger partial charge in [-0.1, -0.05) is 12.1 Å². The lowest BCUT2D eigenvalue weighted by Crippen LogP contribution is -2.35. The number of halogens is 1. The fourth-order valence-corrected chi connectivity index (χ4v) is 3.55. The Morgan fingerprint density at radius 2 is 1.88 bits per heavy atom. The van der Waals surface area contributed by atoms with Crippen molar-refractivity contribution in [3.05, 3.63) is 53.3 Å². The molecule has 170 valence electrons. The Kier molecular flexibility index (Phi) is 7.29. The molecule has 2 aromatic carbocycles. The van der Waals surface area contributed by atoms with Crippen molar-refractivity contribution >= 4 is 23.5 Å². The molecule has 1 atom stereocenters. The molecule has 0 spiro atoms. The summed E-state index contributed by atoms with van der Waals surface area (Å²) in [6, 6.07) is 9.15. The summed E-state index contributed by atoms with van der Waals surface area (Å²) in [6.45, 7) is 2.05. The number of nitrogens with one attached hydrogen (secondary N) is 1. The smallest absolute Gasteiger partial charge is 0.314 e. The predicted octanol–water partition coefficient (Wildman–Crippen LogP) is 2.86. The molecule has 2 aromatic rings. The summed E-state index contributed by atoms with van der Waals surface area (Å²) in [5.41, 5.74) is 1.52. The minimum atomic E-state index is -0.895. The molecule has 32 heavy (non-hydrogen) atoms. The zero-order valence-corrected chi connectivity index (χ0v) is 18.1. The second-order valence-corrected chi connectivity index (χ2v) is 7.24. The Labute approximate surface area is 185 Å². The summed E-state index contributed by atoms with van der Waals surface area (Å²) in [4.78, 5) is 38.7. The van der Waals surface area contributed by atoms with Gasteiger partial charge in [0.1, 0.15) is 5.82 Å². The van der Waals surface area contributed by atoms with Crippen LogP contribution in [0.2, 0.25) is 0 Å². The zero-order valence-electron chi connectivity index (χ0n) is 18.1. The molecule has 3 rings (SSSR count). The van der Waals surface area contributed by atoms with Crippen LogP contribution in [0, 0.1) is 5.82 Å². The lowest BCUT2D eigenvalue weighted by molar-refractivity contribution is -0.154. The average Bonchev–Trinajstić information content (AvgIpc) is 2.79. The van der Waals surface area contributed by atoms with E-state index in [2.05, 4.69) is 5.32 Å². The topological polar surface area (TPSA) is 94.2 Å². The first-order valence-electron chi connectivity index (χ1n) is 10.1. The number of amides is 2. The highest BCUT2D eigenvalue weighted by molar-refractivity contribution is 6.00. The van der Waals surface area contributed by atoms with Crippen molar-refractivity contribution in [3.63, 3.8) is 0 Å². The number of methoxy groups -OCH3 is 2. The number of carbonyl (C=O) groups is 3. The SMILES string of the molecule is CCN(Cc1ccc(OC)c(OC)c1)C(=O)COC(=O)C1CC(=O)Nc2cc(F)ccc21. The summed E-state index contributed by atoms with van der Waals surface area (Å²) in [5, 5.41) is 2.54. The normalized spacial score (nSPS) is 14.8. The number of hydrogen-bond acceptors (Lipinski definition) is 6. The number of hydrogen-bond donors (Lipinski definition) is 1. The second-order valence-electron chi connectivity index (χ2n) is 7.24. The quantitative estimate of drug-likeness (QED) is 0.630. The van der Waals surface area contributed by atoms with Crippen LogP contribution in [-0.4, -0.2) is 50.1 Å². The van der Waals surface area contributed by atoms with Gasteiger partial charge in [0.15, 0.2) is 18.1 Å². The van der Waals surface area contributed by atoms with Crippen LogP contribution in [0.15, 0.2) is 36.4 Å². The van der Waals surface area contributed by atoms with E-state index in [9.17, 15) is 18.8 Å². The first kappa shape index (κ1) is 23.1. The van der Waals surface area contributed by atoms with Crippen LogP contribution in [0.5, 0.6) is 11.5 Å². The second kappa shape index (κ2) is 10.1. The highest BCUT2D eigenvalue weighted by Crippen LogP contribution is 2.33. The molecule has 0 radical (unpaired) electrons. The van der Waals surface area contributed by atoms with Gasteiger partial charge in [0.2, 0.25) is 5.91 Å². The lowest BCUT2D eigenvalue weighted by atomic mass is 9.90. The Balaban J connectivity index is 1.64. The molecule has 1 aliphatic heterocycles. The van der Waals surface area contributed by atoms with Gasteiger partial charge in [0, 0.05) is 25.2 Å². The van der Waals surface area contributed by atoms with Gasteiger partial charge in [0.05, 0.1) is 20.1 Å². The fourth-order valence-electron chi connectivity index (χ4n) is 3.55. The van der Waals surface area contributed by atoms with Crippen LogP contribution in [0.3, 0.4) is 0 Å². The number of fused-ring (bicyclic) bond motifs is 1. The van der Waals surface area contributed by atoms with Gasteiger partial charge in [0.25, 0.3) is 5.91 Å². The van der Waals surface area contributed by atoms with Gasteiger partial charge < -0.3 is 24.4 Å². The third kappa shape index (κ3) is 5.16. The van der Waals surface area contributed by atoms with E-state index in [0.717, 1.165) is 11.6 Å². The number of carbonyl (C=O) groups excluding carboxylic acids is 3. The third-order valence-corrected chi connectivity index (χ3v) is 5.23. The summed E-state index contributed by atoms with van der Waals surface area (Å²) in [7, 11) is 3.07. The van der Waals surface area contributed by atoms with Crippen LogP contribution in [0.25, 0.3) is 0 Å². The molecular weight excluding hydrogens is 419 g/mol. The number of ether oxygens (including phenoxy) is 3. The molecule has 1 N–H and O–H groups in total. The largest absolute Gasteiger partial charge is 0.493 e. The minimum Gasteiger partial charge on any atom is -0.493 e. The third-order valence-electron chi connectivity index (χ3n) is 5.23. The molecule has 0 bridgehead atoms. The van der Waals surface area contributed by atoms with Crippen molar-refractivity contribution in [2.75, 3.05) is 32.7 Å². The van der Waals surface area contributed by atoms with Crippen molar-refractivity contribution in [3.8, 4) is 11.5 Å². The number of esters is 1. The Morgan fingerprint density at radius 3 is 2.56 bits per heavy atom. The molecule has 0 fully saturated rings. The fraction of sp³-hybridized carbons (Fsp3) is 0.348. The summed E-state index contributed by atoms with van der Waals surface area (Å²) in [6.07, 6.45) is -0.130. The monoisotopic (exact) mass is 444 g/mol. The van der Waals surface area contributed by atoms with Crippen molar-refractivity contribution in [2.24, 2.45) is 0 Å². The number of anilines is 1. The van der Waals surface area contributed by atoms with Gasteiger partial charge in [-0.15, -0.1) is 0 Å². The van der Waals surface area contributed by atoms with E-state index in [1.807, 2.05) is 13.0 Å². The van der Waals surface area contributed by atoms with Gasteiger partial charge in [-0.25, -0.2) is 4.39 Å².